The minimum Gasteiger partial charge on any atom is -0.399 e. The van der Waals surface area contributed by atoms with Crippen molar-refractivity contribution in [2.45, 2.75) is 38.6 Å². The molecule has 8 nitrogen and oxygen atoms in total. The third-order valence-corrected chi connectivity index (χ3v) is 5.15. The molecule has 3 aromatic rings. The number of aliphatic hydroxyl groups is 1. The van der Waals surface area contributed by atoms with Crippen LogP contribution in [0.3, 0.4) is 0 Å². The number of nitrogens with two attached hydrogens (primary N) is 1. The number of hydrogen-bond donors (Lipinski definition) is 3. The zero-order valence-corrected chi connectivity index (χ0v) is 17.2. The number of fused-ring (bicyclic) bond motifs is 1. The van der Waals surface area contributed by atoms with Crippen LogP contribution in [0.4, 0.5) is 30.4 Å². The number of nitrogens with one attached hydrogen (secondary N) is 1. The van der Waals surface area contributed by atoms with Crippen molar-refractivity contribution >= 4 is 28.1 Å². The number of hydrogen-bond acceptors (Lipinski definition) is 8. The molecular formula is C20H22F3N7O. The SMILES string of the molecule is Cc1nnc(N[C@H](C)c2cc(N)cc(C(F)(F)F)n2)c2cc(N3CC(C)(O)C3)cnc12. The van der Waals surface area contributed by atoms with E-state index >= 15 is 0 Å². The molecular weight excluding hydrogens is 411 g/mol. The van der Waals surface area contributed by atoms with Crippen LogP contribution in [-0.2, 0) is 6.18 Å². The Labute approximate surface area is 176 Å². The van der Waals surface area contributed by atoms with E-state index in [1.54, 1.807) is 27.0 Å². The van der Waals surface area contributed by atoms with Gasteiger partial charge in [0.25, 0.3) is 0 Å². The van der Waals surface area contributed by atoms with Crippen molar-refractivity contribution in [1.82, 2.24) is 20.2 Å². The van der Waals surface area contributed by atoms with Gasteiger partial charge in [-0.3, -0.25) is 4.98 Å². The van der Waals surface area contributed by atoms with Crippen LogP contribution >= 0.6 is 0 Å². The Bertz CT molecular complexity index is 1140. The van der Waals surface area contributed by atoms with Gasteiger partial charge in [0.05, 0.1) is 40.4 Å². The summed E-state index contributed by atoms with van der Waals surface area (Å²) in [5.74, 6) is 0.368. The van der Waals surface area contributed by atoms with Gasteiger partial charge in [-0.1, -0.05) is 0 Å². The normalized spacial score (nSPS) is 16.8. The fourth-order valence-electron chi connectivity index (χ4n) is 3.61. The predicted octanol–water partition coefficient (Wildman–Crippen LogP) is 3.07. The van der Waals surface area contributed by atoms with E-state index in [-0.39, 0.29) is 11.4 Å². The lowest BCUT2D eigenvalue weighted by molar-refractivity contribution is -0.141. The molecule has 164 valence electrons. The topological polar surface area (TPSA) is 113 Å². The molecule has 1 aliphatic rings. The molecule has 3 aromatic heterocycles. The summed E-state index contributed by atoms with van der Waals surface area (Å²) in [6, 6.07) is 3.44. The van der Waals surface area contributed by atoms with Crippen LogP contribution in [0.15, 0.2) is 24.4 Å². The highest BCUT2D eigenvalue weighted by molar-refractivity contribution is 5.92. The number of aromatic nitrogens is 4. The molecule has 4 heterocycles. The zero-order chi connectivity index (χ0) is 22.6. The molecule has 0 bridgehead atoms. The maximum atomic E-state index is 13.1. The van der Waals surface area contributed by atoms with Gasteiger partial charge < -0.3 is 21.1 Å². The van der Waals surface area contributed by atoms with E-state index in [4.69, 9.17) is 5.73 Å². The molecule has 0 radical (unpaired) electrons. The van der Waals surface area contributed by atoms with Gasteiger partial charge in [0.2, 0.25) is 0 Å². The van der Waals surface area contributed by atoms with Gasteiger partial charge in [0.1, 0.15) is 5.69 Å². The third kappa shape index (κ3) is 4.18. The van der Waals surface area contributed by atoms with Crippen LogP contribution in [0, 0.1) is 6.92 Å². The average molecular weight is 433 g/mol. The summed E-state index contributed by atoms with van der Waals surface area (Å²) >= 11 is 0. The zero-order valence-electron chi connectivity index (χ0n) is 17.2. The number of nitrogens with zero attached hydrogens (tertiary/aromatic N) is 5. The van der Waals surface area contributed by atoms with Gasteiger partial charge in [0, 0.05) is 24.2 Å². The molecule has 0 amide bonds. The summed E-state index contributed by atoms with van der Waals surface area (Å²) in [5, 5.41) is 22.1. The van der Waals surface area contributed by atoms with E-state index in [9.17, 15) is 18.3 Å². The van der Waals surface area contributed by atoms with E-state index in [0.717, 1.165) is 11.8 Å². The van der Waals surface area contributed by atoms with Gasteiger partial charge in [-0.05, 0) is 39.0 Å². The van der Waals surface area contributed by atoms with Crippen LogP contribution in [0.25, 0.3) is 10.9 Å². The molecule has 0 unspecified atom stereocenters. The number of aryl methyl sites for hydroxylation is 1. The van der Waals surface area contributed by atoms with E-state index in [2.05, 4.69) is 25.5 Å². The molecule has 4 rings (SSSR count). The number of halogens is 3. The lowest BCUT2D eigenvalue weighted by atomic mass is 9.96. The third-order valence-electron chi connectivity index (χ3n) is 5.15. The highest BCUT2D eigenvalue weighted by atomic mass is 19.4. The summed E-state index contributed by atoms with van der Waals surface area (Å²) in [6.07, 6.45) is -2.90. The Morgan fingerprint density at radius 1 is 1.23 bits per heavy atom. The van der Waals surface area contributed by atoms with Crippen molar-refractivity contribution in [3.63, 3.8) is 0 Å². The molecule has 1 fully saturated rings. The van der Waals surface area contributed by atoms with E-state index < -0.39 is 23.5 Å². The highest BCUT2D eigenvalue weighted by Crippen LogP contribution is 2.33. The van der Waals surface area contributed by atoms with Crippen molar-refractivity contribution in [3.8, 4) is 0 Å². The quantitative estimate of drug-likeness (QED) is 0.575. The fourth-order valence-corrected chi connectivity index (χ4v) is 3.61. The summed E-state index contributed by atoms with van der Waals surface area (Å²) < 4.78 is 39.3. The number of alkyl halides is 3. The lowest BCUT2D eigenvalue weighted by Gasteiger charge is -2.45. The molecule has 31 heavy (non-hydrogen) atoms. The molecule has 1 atom stereocenters. The second kappa shape index (κ2) is 7.19. The van der Waals surface area contributed by atoms with Gasteiger partial charge in [0.15, 0.2) is 5.82 Å². The number of anilines is 3. The van der Waals surface area contributed by atoms with Gasteiger partial charge >= 0.3 is 6.18 Å². The van der Waals surface area contributed by atoms with Crippen LogP contribution in [-0.4, -0.2) is 44.0 Å². The van der Waals surface area contributed by atoms with Crippen molar-refractivity contribution in [3.05, 3.63) is 41.5 Å². The van der Waals surface area contributed by atoms with Gasteiger partial charge in [-0.2, -0.15) is 18.3 Å². The maximum Gasteiger partial charge on any atom is 0.433 e. The Balaban J connectivity index is 1.68. The van der Waals surface area contributed by atoms with Crippen molar-refractivity contribution in [2.75, 3.05) is 29.0 Å². The number of pyridine rings is 2. The molecule has 0 aromatic carbocycles. The Kier molecular flexibility index (Phi) is 4.88. The summed E-state index contributed by atoms with van der Waals surface area (Å²) in [5.41, 5.74) is 6.02. The summed E-state index contributed by atoms with van der Waals surface area (Å²) in [6.45, 7) is 6.16. The van der Waals surface area contributed by atoms with Crippen molar-refractivity contribution < 1.29 is 18.3 Å². The molecule has 11 heteroatoms. The summed E-state index contributed by atoms with van der Waals surface area (Å²) in [4.78, 5) is 10.2. The Morgan fingerprint density at radius 2 is 1.94 bits per heavy atom. The largest absolute Gasteiger partial charge is 0.433 e. The van der Waals surface area contributed by atoms with Crippen LogP contribution in [0.2, 0.25) is 0 Å². The molecule has 1 aliphatic heterocycles. The van der Waals surface area contributed by atoms with Crippen molar-refractivity contribution in [1.29, 1.82) is 0 Å². The Morgan fingerprint density at radius 3 is 2.58 bits per heavy atom. The number of nitrogen functional groups attached to an aromatic ring is 1. The monoisotopic (exact) mass is 433 g/mol. The first-order valence-corrected chi connectivity index (χ1v) is 9.64. The van der Waals surface area contributed by atoms with E-state index in [0.29, 0.717) is 35.5 Å². The maximum absolute atomic E-state index is 13.1. The average Bonchev–Trinajstić information content (AvgIpc) is 2.66. The van der Waals surface area contributed by atoms with Gasteiger partial charge in [-0.25, -0.2) is 4.98 Å². The fraction of sp³-hybridized carbons (Fsp3) is 0.400. The second-order valence-corrected chi connectivity index (χ2v) is 8.15. The molecule has 0 spiro atoms. The smallest absolute Gasteiger partial charge is 0.399 e. The molecule has 1 saturated heterocycles. The minimum atomic E-state index is -4.60. The van der Waals surface area contributed by atoms with E-state index in [1.165, 1.54) is 6.07 Å². The first-order chi connectivity index (χ1) is 14.4. The molecule has 4 N–H and O–H groups in total. The number of rotatable bonds is 4. The van der Waals surface area contributed by atoms with Crippen molar-refractivity contribution in [2.24, 2.45) is 0 Å². The minimum absolute atomic E-state index is 0.0281. The van der Waals surface area contributed by atoms with Crippen LogP contribution in [0.5, 0.6) is 0 Å². The predicted molar refractivity (Wildman–Crippen MR) is 111 cm³/mol. The standard InChI is InChI=1S/C20H22F3N7O/c1-10(15-4-12(24)5-16(27-15)20(21,22)23)26-18-14-6-13(30-8-19(3,31)9-30)7-25-17(14)11(2)28-29-18/h4-7,10,31H,8-9H2,1-3H3,(H2,24,27)(H,26,29)/t10-/m1/s1. The van der Waals surface area contributed by atoms with E-state index in [1.807, 2.05) is 11.0 Å². The first-order valence-electron chi connectivity index (χ1n) is 9.64. The van der Waals surface area contributed by atoms with Crippen LogP contribution in [0.1, 0.15) is 37.0 Å². The van der Waals surface area contributed by atoms with Gasteiger partial charge in [-0.15, -0.1) is 5.10 Å². The van der Waals surface area contributed by atoms with Crippen LogP contribution < -0.4 is 16.0 Å². The molecule has 0 aliphatic carbocycles. The summed E-state index contributed by atoms with van der Waals surface area (Å²) in [7, 11) is 0. The first kappa shape index (κ1) is 21.0. The Hall–Kier alpha value is -3.21. The number of β-amino-alcohol motifs (C(OH)–C–C–N with tert-alkyl or cyclic N) is 1. The second-order valence-electron chi connectivity index (χ2n) is 8.15. The highest BCUT2D eigenvalue weighted by Gasteiger charge is 2.37. The molecule has 0 saturated carbocycles. The lowest BCUT2D eigenvalue weighted by Crippen LogP contribution is -2.60.